The summed E-state index contributed by atoms with van der Waals surface area (Å²) in [6.45, 7) is 4.66. The van der Waals surface area contributed by atoms with Gasteiger partial charge >= 0.3 is 0 Å². The maximum absolute atomic E-state index is 14.5. The van der Waals surface area contributed by atoms with Crippen molar-refractivity contribution >= 4 is 52.1 Å². The summed E-state index contributed by atoms with van der Waals surface area (Å²) in [6, 6.07) is 9.47. The van der Waals surface area contributed by atoms with E-state index < -0.39 is 89.7 Å². The first-order chi connectivity index (χ1) is 34.7. The third kappa shape index (κ3) is 15.1. The normalized spacial score (nSPS) is 24.3. The smallest absolute Gasteiger partial charge is 0.251 e. The third-order valence-electron chi connectivity index (χ3n) is 13.8. The van der Waals surface area contributed by atoms with Gasteiger partial charge in [-0.05, 0) is 137 Å². The molecular weight excluding hydrogens is 923 g/mol. The number of amides is 7. The molecule has 19 nitrogen and oxygen atoms in total. The van der Waals surface area contributed by atoms with Crippen LogP contribution in [0, 0.1) is 0 Å². The van der Waals surface area contributed by atoms with Gasteiger partial charge in [0.05, 0.1) is 12.7 Å². The van der Waals surface area contributed by atoms with Crippen molar-refractivity contribution in [3.05, 3.63) is 71.8 Å². The van der Waals surface area contributed by atoms with Crippen LogP contribution in [0.3, 0.4) is 0 Å². The molecular formula is C53H75N9O10. The lowest BCUT2D eigenvalue weighted by Crippen LogP contribution is -2.61. The minimum absolute atomic E-state index is 0.00630. The quantitative estimate of drug-likeness (QED) is 0.0882. The van der Waals surface area contributed by atoms with E-state index in [-0.39, 0.29) is 75.9 Å². The molecule has 11 N–H and O–H groups in total. The Balaban J connectivity index is 1.26. The van der Waals surface area contributed by atoms with Gasteiger partial charge in [0.1, 0.15) is 47.8 Å². The Morgan fingerprint density at radius 1 is 0.778 bits per heavy atom. The highest BCUT2D eigenvalue weighted by Gasteiger charge is 2.43. The molecule has 392 valence electrons. The number of aliphatic hydroxyl groups excluding tert-OH is 1. The average molecular weight is 998 g/mol. The van der Waals surface area contributed by atoms with Crippen molar-refractivity contribution < 1.29 is 48.5 Å². The molecule has 7 amide bonds. The van der Waals surface area contributed by atoms with E-state index in [1.54, 1.807) is 30.3 Å². The number of nitrogens with two attached hydrogens (primary N) is 2. The van der Waals surface area contributed by atoms with E-state index in [1.165, 1.54) is 48.1 Å². The number of nitrogens with one attached hydrogen (secondary N) is 5. The molecule has 3 aromatic carbocycles. The molecule has 3 fully saturated rings. The van der Waals surface area contributed by atoms with Gasteiger partial charge < -0.3 is 62.8 Å². The molecule has 0 aromatic heterocycles. The van der Waals surface area contributed by atoms with E-state index in [0.717, 1.165) is 34.9 Å². The standard InChI is InChI=1S/C53H75N9O10/c1-3-4-5-6-9-28-72-40-23-20-35-29-37(19-18-36(35)30-40)47(65)57-41-13-10-26-56-50(68)45-31-38(55)32-62(45)52(70)43(12-7-8-25-54)59-48(66)42(24-17-34-15-21-39(64)22-16-34)58-51(69)44-14-11-27-61(44)53(71)46(33(2)63)60-49(41)67/h15-16,18-23,29-30,33,38,41-46,63-64H,3-14,17,24-28,31-32,54-55H2,1-2H3,(H,56,68)(H,57,65)(H,58,69)(H,59,66)(H,60,67)/t33?,38?,41-,42-,43-,44-,45-,46-/m0/s1. The van der Waals surface area contributed by atoms with Crippen molar-refractivity contribution in [3.63, 3.8) is 0 Å². The van der Waals surface area contributed by atoms with Crippen LogP contribution in [-0.2, 0) is 35.2 Å². The van der Waals surface area contributed by atoms with Gasteiger partial charge in [-0.2, -0.15) is 0 Å². The Bertz CT molecular complexity index is 2350. The van der Waals surface area contributed by atoms with Crippen LogP contribution in [0.25, 0.3) is 10.8 Å². The van der Waals surface area contributed by atoms with Crippen LogP contribution in [0.4, 0.5) is 0 Å². The van der Waals surface area contributed by atoms with Gasteiger partial charge in [0.2, 0.25) is 35.4 Å². The highest BCUT2D eigenvalue weighted by molar-refractivity contribution is 6.02. The number of phenolic OH excluding ortho intramolecular Hbond substituents is 1. The predicted molar refractivity (Wildman–Crippen MR) is 271 cm³/mol. The number of unbranched alkanes of at least 4 members (excludes halogenated alkanes) is 5. The van der Waals surface area contributed by atoms with Crippen LogP contribution in [0.1, 0.15) is 120 Å². The fourth-order valence-electron chi connectivity index (χ4n) is 9.71. The molecule has 2 unspecified atom stereocenters. The molecule has 72 heavy (non-hydrogen) atoms. The number of hydrogen-bond donors (Lipinski definition) is 9. The number of ether oxygens (including phenoxy) is 1. The van der Waals surface area contributed by atoms with Gasteiger partial charge in [-0.3, -0.25) is 33.6 Å². The zero-order valence-electron chi connectivity index (χ0n) is 41.7. The highest BCUT2D eigenvalue weighted by atomic mass is 16.5. The maximum atomic E-state index is 14.5. The lowest BCUT2D eigenvalue weighted by atomic mass is 10.0. The molecule has 8 atom stereocenters. The van der Waals surface area contributed by atoms with Gasteiger partial charge in [-0.25, -0.2) is 0 Å². The van der Waals surface area contributed by atoms with Crippen LogP contribution in [-0.4, -0.2) is 143 Å². The SMILES string of the molecule is CCCCCCCOc1ccc2cc(C(=O)N[C@H]3CCCNC(=O)[C@@H]4CC(N)CN4C(=O)[C@H](CCCCN)NC(=O)[C@H](CCc4ccc(O)cc4)NC(=O)[C@@H]4CCCN4C(=O)[C@H](C(C)O)NC3=O)ccc2c1. The number of benzene rings is 3. The summed E-state index contributed by atoms with van der Waals surface area (Å²) < 4.78 is 5.99. The number of phenols is 1. The number of rotatable bonds is 17. The second kappa shape index (κ2) is 26.9. The average Bonchev–Trinajstić information content (AvgIpc) is 4.03. The van der Waals surface area contributed by atoms with Gasteiger partial charge in [0, 0.05) is 31.2 Å². The van der Waals surface area contributed by atoms with E-state index in [1.807, 2.05) is 18.2 Å². The van der Waals surface area contributed by atoms with Crippen LogP contribution in [0.15, 0.2) is 60.7 Å². The fourth-order valence-corrected chi connectivity index (χ4v) is 9.71. The van der Waals surface area contributed by atoms with Crippen LogP contribution < -0.4 is 42.8 Å². The molecule has 3 heterocycles. The number of carbonyl (C=O) groups excluding carboxylic acids is 7. The maximum Gasteiger partial charge on any atom is 0.251 e. The van der Waals surface area contributed by atoms with Gasteiger partial charge in [0.15, 0.2) is 0 Å². The number of nitrogens with zero attached hydrogens (tertiary/aromatic N) is 2. The summed E-state index contributed by atoms with van der Waals surface area (Å²) in [4.78, 5) is 102. The molecule has 3 aromatic rings. The van der Waals surface area contributed by atoms with Gasteiger partial charge in [-0.15, -0.1) is 0 Å². The molecule has 3 aliphatic heterocycles. The first kappa shape index (κ1) is 55.0. The molecule has 0 spiro atoms. The van der Waals surface area contributed by atoms with E-state index in [2.05, 4.69) is 33.5 Å². The zero-order chi connectivity index (χ0) is 51.7. The second-order valence-electron chi connectivity index (χ2n) is 19.5. The Morgan fingerprint density at radius 3 is 2.26 bits per heavy atom. The molecule has 0 bridgehead atoms. The summed E-state index contributed by atoms with van der Waals surface area (Å²) in [6.07, 6.45) is 6.68. The summed E-state index contributed by atoms with van der Waals surface area (Å²) >= 11 is 0. The zero-order valence-corrected chi connectivity index (χ0v) is 41.7. The Labute approximate surface area is 421 Å². The van der Waals surface area contributed by atoms with E-state index >= 15 is 0 Å². The van der Waals surface area contributed by atoms with Crippen LogP contribution in [0.5, 0.6) is 11.5 Å². The van der Waals surface area contributed by atoms with Gasteiger partial charge in [0.25, 0.3) is 5.91 Å². The largest absolute Gasteiger partial charge is 0.508 e. The van der Waals surface area contributed by atoms with Gasteiger partial charge in [-0.1, -0.05) is 56.9 Å². The predicted octanol–water partition coefficient (Wildman–Crippen LogP) is 2.42. The van der Waals surface area contributed by atoms with Crippen molar-refractivity contribution in [2.75, 3.05) is 32.8 Å². The minimum atomic E-state index is -1.53. The van der Waals surface area contributed by atoms with Crippen molar-refractivity contribution in [2.24, 2.45) is 11.5 Å². The molecule has 0 aliphatic carbocycles. The fraction of sp³-hybridized carbons (Fsp3) is 0.566. The number of aryl methyl sites for hydroxylation is 1. The summed E-state index contributed by atoms with van der Waals surface area (Å²) in [5, 5.41) is 36.6. The second-order valence-corrected chi connectivity index (χ2v) is 19.5. The first-order valence-electron chi connectivity index (χ1n) is 25.9. The van der Waals surface area contributed by atoms with Crippen molar-refractivity contribution in [3.8, 4) is 11.5 Å². The molecule has 19 heteroatoms. The molecule has 3 aliphatic rings. The minimum Gasteiger partial charge on any atom is -0.508 e. The Morgan fingerprint density at radius 2 is 1.51 bits per heavy atom. The Kier molecular flexibility index (Phi) is 20.6. The number of carbonyl (C=O) groups is 7. The van der Waals surface area contributed by atoms with E-state index in [9.17, 15) is 43.8 Å². The first-order valence-corrected chi connectivity index (χ1v) is 25.9. The molecule has 0 saturated carbocycles. The molecule has 3 saturated heterocycles. The number of aliphatic hydroxyl groups is 1. The van der Waals surface area contributed by atoms with E-state index in [0.29, 0.717) is 32.4 Å². The van der Waals surface area contributed by atoms with Crippen molar-refractivity contribution in [1.82, 2.24) is 36.4 Å². The third-order valence-corrected chi connectivity index (χ3v) is 13.8. The van der Waals surface area contributed by atoms with Crippen molar-refractivity contribution in [2.45, 2.75) is 159 Å². The number of fused-ring (bicyclic) bond motifs is 3. The summed E-state index contributed by atoms with van der Waals surface area (Å²) in [5.74, 6) is -3.63. The number of hydrogen-bond acceptors (Lipinski definition) is 12. The van der Waals surface area contributed by atoms with E-state index in [4.69, 9.17) is 16.2 Å². The highest BCUT2D eigenvalue weighted by Crippen LogP contribution is 2.25. The lowest BCUT2D eigenvalue weighted by Gasteiger charge is -2.32. The molecule has 0 radical (unpaired) electrons. The summed E-state index contributed by atoms with van der Waals surface area (Å²) in [5.41, 5.74) is 13.2. The lowest BCUT2D eigenvalue weighted by molar-refractivity contribution is -0.144. The monoisotopic (exact) mass is 998 g/mol. The molecule has 6 rings (SSSR count). The Hall–Kier alpha value is -6.31. The van der Waals surface area contributed by atoms with Crippen LogP contribution >= 0.6 is 0 Å². The van der Waals surface area contributed by atoms with Crippen LogP contribution in [0.2, 0.25) is 0 Å². The topological polar surface area (TPSA) is 288 Å². The summed E-state index contributed by atoms with van der Waals surface area (Å²) in [7, 11) is 0. The van der Waals surface area contributed by atoms with Crippen molar-refractivity contribution in [1.29, 1.82) is 0 Å². The number of aromatic hydroxyl groups is 1.